The molecule has 0 aromatic heterocycles. The highest BCUT2D eigenvalue weighted by atomic mass is 16.5. The maximum absolute atomic E-state index is 12.4. The van der Waals surface area contributed by atoms with Crippen LogP contribution in [-0.2, 0) is 16.1 Å². The summed E-state index contributed by atoms with van der Waals surface area (Å²) in [5.74, 6) is 0.543. The maximum atomic E-state index is 12.4. The van der Waals surface area contributed by atoms with Crippen LogP contribution in [0.25, 0.3) is 0 Å². The first-order valence-electron chi connectivity index (χ1n) is 9.32. The van der Waals surface area contributed by atoms with Gasteiger partial charge in [0.15, 0.2) is 0 Å². The molecule has 2 fully saturated rings. The van der Waals surface area contributed by atoms with E-state index in [1.807, 2.05) is 18.2 Å². The summed E-state index contributed by atoms with van der Waals surface area (Å²) in [6.45, 7) is 10.3. The van der Waals surface area contributed by atoms with Crippen molar-refractivity contribution in [2.45, 2.75) is 59.0 Å². The normalized spacial score (nSPS) is 32.8. The molecule has 130 valence electrons. The van der Waals surface area contributed by atoms with Crippen molar-refractivity contribution in [3.63, 3.8) is 0 Å². The van der Waals surface area contributed by atoms with Crippen molar-refractivity contribution in [2.24, 2.45) is 16.7 Å². The first-order valence-corrected chi connectivity index (χ1v) is 9.32. The molecule has 0 radical (unpaired) electrons. The Morgan fingerprint density at radius 3 is 2.67 bits per heavy atom. The third-order valence-electron chi connectivity index (χ3n) is 6.80. The van der Waals surface area contributed by atoms with Gasteiger partial charge in [-0.05, 0) is 43.1 Å². The van der Waals surface area contributed by atoms with Gasteiger partial charge < -0.3 is 4.74 Å². The highest BCUT2D eigenvalue weighted by Gasteiger charge is 2.59. The first-order chi connectivity index (χ1) is 11.5. The van der Waals surface area contributed by atoms with E-state index < -0.39 is 0 Å². The lowest BCUT2D eigenvalue weighted by atomic mass is 9.51. The van der Waals surface area contributed by atoms with E-state index in [1.54, 1.807) is 0 Å². The molecular weight excluding hydrogens is 296 g/mol. The summed E-state index contributed by atoms with van der Waals surface area (Å²) in [5, 5.41) is 0. The van der Waals surface area contributed by atoms with Crippen molar-refractivity contribution >= 4 is 5.78 Å². The Balaban J connectivity index is 1.61. The summed E-state index contributed by atoms with van der Waals surface area (Å²) in [6.07, 6.45) is 6.08. The van der Waals surface area contributed by atoms with Crippen LogP contribution in [0.5, 0.6) is 0 Å². The maximum Gasteiger partial charge on any atom is 0.136 e. The molecule has 3 rings (SSSR count). The van der Waals surface area contributed by atoms with Gasteiger partial charge in [-0.15, -0.1) is 0 Å². The van der Waals surface area contributed by atoms with Crippen LogP contribution in [0.2, 0.25) is 0 Å². The van der Waals surface area contributed by atoms with E-state index in [9.17, 15) is 4.79 Å². The molecule has 0 heterocycles. The molecule has 0 amide bonds. The van der Waals surface area contributed by atoms with E-state index >= 15 is 0 Å². The Kier molecular flexibility index (Phi) is 4.96. The summed E-state index contributed by atoms with van der Waals surface area (Å²) < 4.78 is 5.87. The van der Waals surface area contributed by atoms with Gasteiger partial charge in [-0.25, -0.2) is 0 Å². The van der Waals surface area contributed by atoms with Gasteiger partial charge in [0.05, 0.1) is 6.61 Å². The smallest absolute Gasteiger partial charge is 0.136 e. The molecule has 2 aliphatic rings. The molecule has 2 nitrogen and oxygen atoms in total. The largest absolute Gasteiger partial charge is 0.377 e. The van der Waals surface area contributed by atoms with Gasteiger partial charge in [-0.2, -0.15) is 0 Å². The Bertz CT molecular complexity index is 606. The molecule has 0 spiro atoms. The number of ether oxygens (including phenoxy) is 1. The molecule has 3 atom stereocenters. The lowest BCUT2D eigenvalue weighted by Crippen LogP contribution is -2.48. The highest BCUT2D eigenvalue weighted by Crippen LogP contribution is 2.66. The zero-order valence-corrected chi connectivity index (χ0v) is 15.1. The van der Waals surface area contributed by atoms with E-state index in [-0.39, 0.29) is 16.7 Å². The molecule has 0 saturated heterocycles. The van der Waals surface area contributed by atoms with Gasteiger partial charge in [0.2, 0.25) is 0 Å². The molecule has 2 heteroatoms. The van der Waals surface area contributed by atoms with Gasteiger partial charge in [-0.3, -0.25) is 4.79 Å². The fourth-order valence-corrected chi connectivity index (χ4v) is 5.28. The predicted octanol–water partition coefficient (Wildman–Crippen LogP) is 5.33. The molecule has 0 unspecified atom stereocenters. The summed E-state index contributed by atoms with van der Waals surface area (Å²) >= 11 is 0. The Morgan fingerprint density at radius 1 is 1.21 bits per heavy atom. The third-order valence-corrected chi connectivity index (χ3v) is 6.80. The van der Waals surface area contributed by atoms with Gasteiger partial charge in [0, 0.05) is 24.4 Å². The molecular formula is C22H30O2. The number of hydrogen-bond donors (Lipinski definition) is 0. The molecule has 0 N–H and O–H groups in total. The Morgan fingerprint density at radius 2 is 1.92 bits per heavy atom. The summed E-state index contributed by atoms with van der Waals surface area (Å²) in [4.78, 5) is 12.4. The van der Waals surface area contributed by atoms with E-state index in [0.29, 0.717) is 12.4 Å². The lowest BCUT2D eigenvalue weighted by molar-refractivity contribution is -0.135. The van der Waals surface area contributed by atoms with E-state index in [2.05, 4.69) is 32.6 Å². The van der Waals surface area contributed by atoms with Crippen LogP contribution in [0.3, 0.4) is 0 Å². The molecule has 2 aliphatic carbocycles. The van der Waals surface area contributed by atoms with Crippen LogP contribution in [0.15, 0.2) is 42.5 Å². The SMILES string of the molecule is C=C1CC[C@]2(C)CCC(=O)[C@@H](C)[C@]12CCCOCc1ccccc1. The van der Waals surface area contributed by atoms with Crippen LogP contribution >= 0.6 is 0 Å². The van der Waals surface area contributed by atoms with E-state index in [1.165, 1.54) is 17.6 Å². The Labute approximate surface area is 146 Å². The molecule has 0 aliphatic heterocycles. The first kappa shape index (κ1) is 17.4. The number of allylic oxidation sites excluding steroid dienone is 1. The minimum Gasteiger partial charge on any atom is -0.377 e. The second kappa shape index (κ2) is 6.84. The summed E-state index contributed by atoms with van der Waals surface area (Å²) in [7, 11) is 0. The van der Waals surface area contributed by atoms with Crippen LogP contribution in [-0.4, -0.2) is 12.4 Å². The van der Waals surface area contributed by atoms with Crippen LogP contribution < -0.4 is 0 Å². The van der Waals surface area contributed by atoms with Crippen LogP contribution in [0.4, 0.5) is 0 Å². The van der Waals surface area contributed by atoms with Gasteiger partial charge in [-0.1, -0.05) is 56.3 Å². The topological polar surface area (TPSA) is 26.3 Å². The number of benzene rings is 1. The number of fused-ring (bicyclic) bond motifs is 1. The summed E-state index contributed by atoms with van der Waals surface area (Å²) in [5.41, 5.74) is 2.77. The number of carbonyl (C=O) groups is 1. The molecule has 2 saturated carbocycles. The second-order valence-corrected chi connectivity index (χ2v) is 7.97. The van der Waals surface area contributed by atoms with Crippen molar-refractivity contribution in [2.75, 3.05) is 6.61 Å². The van der Waals surface area contributed by atoms with E-state index in [0.717, 1.165) is 38.7 Å². The van der Waals surface area contributed by atoms with Crippen molar-refractivity contribution in [1.29, 1.82) is 0 Å². The molecule has 1 aromatic carbocycles. The minimum atomic E-state index is -0.00155. The predicted molar refractivity (Wildman–Crippen MR) is 97.7 cm³/mol. The van der Waals surface area contributed by atoms with Crippen molar-refractivity contribution in [3.8, 4) is 0 Å². The van der Waals surface area contributed by atoms with Gasteiger partial charge in [0.1, 0.15) is 5.78 Å². The monoisotopic (exact) mass is 326 g/mol. The van der Waals surface area contributed by atoms with Crippen molar-refractivity contribution in [3.05, 3.63) is 48.0 Å². The number of ketones is 1. The quantitative estimate of drug-likeness (QED) is 0.522. The standard InChI is InChI=1S/C22H30O2/c1-17-10-13-21(3)14-11-20(23)18(2)22(17,21)12-7-15-24-16-19-8-5-4-6-9-19/h4-6,8-9,18H,1,7,10-16H2,2-3H3/t18-,21-,22+/m1/s1. The number of Topliss-reactive ketones (excluding diaryl/α,β-unsaturated/α-hetero) is 1. The molecule has 0 bridgehead atoms. The molecule has 1 aromatic rings. The zero-order valence-electron chi connectivity index (χ0n) is 15.1. The highest BCUT2D eigenvalue weighted by molar-refractivity contribution is 5.83. The third kappa shape index (κ3) is 2.86. The number of hydrogen-bond acceptors (Lipinski definition) is 2. The minimum absolute atomic E-state index is 0.00155. The second-order valence-electron chi connectivity index (χ2n) is 7.97. The Hall–Kier alpha value is -1.41. The van der Waals surface area contributed by atoms with Crippen LogP contribution in [0.1, 0.15) is 57.9 Å². The van der Waals surface area contributed by atoms with Gasteiger partial charge in [0.25, 0.3) is 0 Å². The lowest BCUT2D eigenvalue weighted by Gasteiger charge is -2.52. The number of rotatable bonds is 6. The van der Waals surface area contributed by atoms with Crippen molar-refractivity contribution < 1.29 is 9.53 Å². The fourth-order valence-electron chi connectivity index (χ4n) is 5.28. The molecule has 24 heavy (non-hydrogen) atoms. The average molecular weight is 326 g/mol. The van der Waals surface area contributed by atoms with Gasteiger partial charge >= 0.3 is 0 Å². The number of carbonyl (C=O) groups excluding carboxylic acids is 1. The van der Waals surface area contributed by atoms with Crippen molar-refractivity contribution in [1.82, 2.24) is 0 Å². The average Bonchev–Trinajstić information content (AvgIpc) is 2.85. The zero-order chi connectivity index (χ0) is 17.2. The fraction of sp³-hybridized carbons (Fsp3) is 0.591. The van der Waals surface area contributed by atoms with Crippen LogP contribution in [0, 0.1) is 16.7 Å². The summed E-state index contributed by atoms with van der Waals surface area (Å²) in [6, 6.07) is 10.3. The van der Waals surface area contributed by atoms with E-state index in [4.69, 9.17) is 4.74 Å².